The average Bonchev–Trinajstić information content (AvgIpc) is 3.28. The number of aryl methyl sites for hydroxylation is 1. The number of fused-ring (bicyclic) bond motifs is 1. The van der Waals surface area contributed by atoms with Gasteiger partial charge in [0.25, 0.3) is 12.3 Å². The highest BCUT2D eigenvalue weighted by Crippen LogP contribution is 2.40. The summed E-state index contributed by atoms with van der Waals surface area (Å²) in [6.45, 7) is 5.26. The smallest absolute Gasteiger partial charge is 0.287 e. The third-order valence-corrected chi connectivity index (χ3v) is 5.63. The van der Waals surface area contributed by atoms with Gasteiger partial charge in [-0.15, -0.1) is 14.8 Å². The second-order valence-corrected chi connectivity index (χ2v) is 8.05. The number of rotatable bonds is 8. The van der Waals surface area contributed by atoms with Crippen LogP contribution in [0.4, 0.5) is 24.7 Å². The predicted octanol–water partition coefficient (Wildman–Crippen LogP) is 3.77. The molecule has 1 atom stereocenters. The summed E-state index contributed by atoms with van der Waals surface area (Å²) >= 11 is 0. The molecular weight excluding hydrogens is 503 g/mol. The summed E-state index contributed by atoms with van der Waals surface area (Å²) < 4.78 is 45.2. The monoisotopic (exact) mass is 525 g/mol. The van der Waals surface area contributed by atoms with E-state index in [0.717, 1.165) is 11.6 Å². The maximum Gasteiger partial charge on any atom is 0.287 e. The van der Waals surface area contributed by atoms with Crippen LogP contribution >= 0.6 is 0 Å². The first-order chi connectivity index (χ1) is 18.1. The maximum absolute atomic E-state index is 13.4. The Morgan fingerprint density at radius 2 is 1.95 bits per heavy atom. The molecule has 1 unspecified atom stereocenters. The number of amides is 2. The number of carbonyl (C=O) groups is 2. The number of hydrogen-bond acceptors (Lipinski definition) is 7. The Kier molecular flexibility index (Phi) is 7.28. The van der Waals surface area contributed by atoms with Gasteiger partial charge in [0.05, 0.1) is 12.7 Å². The third-order valence-electron chi connectivity index (χ3n) is 5.63. The fourth-order valence-corrected chi connectivity index (χ4v) is 3.88. The molecule has 2 amide bonds. The van der Waals surface area contributed by atoms with E-state index in [-0.39, 0.29) is 23.0 Å². The summed E-state index contributed by atoms with van der Waals surface area (Å²) in [6.07, 6.45) is -3.82. The normalized spacial score (nSPS) is 11.8. The molecule has 4 aromatic rings. The van der Waals surface area contributed by atoms with Crippen molar-refractivity contribution in [3.8, 4) is 28.1 Å². The molecular formula is C25H22F3N7O3. The summed E-state index contributed by atoms with van der Waals surface area (Å²) in [7, 11) is 1.28. The average molecular weight is 525 g/mol. The van der Waals surface area contributed by atoms with Crippen LogP contribution in [-0.4, -0.2) is 51.5 Å². The molecule has 0 spiro atoms. The molecule has 13 heteroatoms. The van der Waals surface area contributed by atoms with Crippen molar-refractivity contribution < 1.29 is 27.5 Å². The highest BCUT2D eigenvalue weighted by molar-refractivity contribution is 6.02. The van der Waals surface area contributed by atoms with Gasteiger partial charge in [0, 0.05) is 16.8 Å². The zero-order valence-electron chi connectivity index (χ0n) is 20.2. The van der Waals surface area contributed by atoms with E-state index in [1.54, 1.807) is 23.5 Å². The number of halogens is 3. The van der Waals surface area contributed by atoms with E-state index in [1.807, 2.05) is 6.92 Å². The zero-order valence-corrected chi connectivity index (χ0v) is 20.2. The first-order valence-corrected chi connectivity index (χ1v) is 11.1. The lowest BCUT2D eigenvalue weighted by atomic mass is 9.95. The quantitative estimate of drug-likeness (QED) is 0.235. The summed E-state index contributed by atoms with van der Waals surface area (Å²) in [5, 5.41) is 13.0. The summed E-state index contributed by atoms with van der Waals surface area (Å²) in [5.41, 5.74) is 9.81. The molecule has 4 N–H and O–H groups in total. The van der Waals surface area contributed by atoms with E-state index in [2.05, 4.69) is 27.1 Å². The van der Waals surface area contributed by atoms with Crippen LogP contribution in [0.2, 0.25) is 0 Å². The highest BCUT2D eigenvalue weighted by atomic mass is 19.3. The second-order valence-electron chi connectivity index (χ2n) is 8.05. The van der Waals surface area contributed by atoms with Crippen molar-refractivity contribution in [1.82, 2.24) is 25.1 Å². The summed E-state index contributed by atoms with van der Waals surface area (Å²) in [5.74, 6) is -1.31. The Morgan fingerprint density at radius 3 is 2.61 bits per heavy atom. The predicted molar refractivity (Wildman–Crippen MR) is 135 cm³/mol. The lowest BCUT2D eigenvalue weighted by molar-refractivity contribution is -0.111. The molecule has 2 aromatic carbocycles. The maximum atomic E-state index is 13.4. The Labute approximate surface area is 214 Å². The lowest BCUT2D eigenvalue weighted by Gasteiger charge is -2.14. The van der Waals surface area contributed by atoms with Crippen LogP contribution in [-0.2, 0) is 4.79 Å². The topological polar surface area (TPSA) is 137 Å². The zero-order chi connectivity index (χ0) is 27.6. The van der Waals surface area contributed by atoms with E-state index >= 15 is 0 Å². The van der Waals surface area contributed by atoms with Gasteiger partial charge in [-0.1, -0.05) is 18.7 Å². The second kappa shape index (κ2) is 10.6. The van der Waals surface area contributed by atoms with Crippen molar-refractivity contribution in [1.29, 1.82) is 0 Å². The van der Waals surface area contributed by atoms with E-state index in [0.29, 0.717) is 33.6 Å². The third kappa shape index (κ3) is 4.98. The van der Waals surface area contributed by atoms with Crippen molar-refractivity contribution >= 4 is 28.8 Å². The number of hydrogen-bond donors (Lipinski definition) is 3. The van der Waals surface area contributed by atoms with Crippen LogP contribution in [0.15, 0.2) is 55.4 Å². The number of benzene rings is 2. The molecule has 2 aromatic heterocycles. The van der Waals surface area contributed by atoms with Crippen LogP contribution in [0.5, 0.6) is 5.75 Å². The minimum Gasteiger partial charge on any atom is -0.496 e. The van der Waals surface area contributed by atoms with Gasteiger partial charge in [-0.05, 0) is 48.4 Å². The number of anilines is 2. The largest absolute Gasteiger partial charge is 0.496 e. The van der Waals surface area contributed by atoms with Gasteiger partial charge in [0.1, 0.15) is 23.3 Å². The van der Waals surface area contributed by atoms with Gasteiger partial charge in [-0.25, -0.2) is 18.2 Å². The lowest BCUT2D eigenvalue weighted by Crippen LogP contribution is -2.36. The van der Waals surface area contributed by atoms with Crippen molar-refractivity contribution in [2.45, 2.75) is 19.6 Å². The van der Waals surface area contributed by atoms with Gasteiger partial charge in [0.2, 0.25) is 12.2 Å². The minimum atomic E-state index is -3.38. The van der Waals surface area contributed by atoms with Gasteiger partial charge in [-0.3, -0.25) is 9.59 Å². The van der Waals surface area contributed by atoms with E-state index < -0.39 is 18.6 Å². The highest BCUT2D eigenvalue weighted by Gasteiger charge is 2.26. The number of ether oxygens (including phenoxy) is 1. The number of nitrogen functional groups attached to an aromatic ring is 1. The van der Waals surface area contributed by atoms with Gasteiger partial charge >= 0.3 is 0 Å². The first kappa shape index (κ1) is 26.1. The van der Waals surface area contributed by atoms with Crippen LogP contribution in [0, 0.1) is 6.92 Å². The number of nitrogens with two attached hydrogens (primary N) is 1. The molecule has 0 radical (unpaired) electrons. The number of methoxy groups -OCH3 is 1. The SMILES string of the molecule is C=CC(=O)Nc1ccc(-c2nn3ncnc(N)c3c2-c2ccc(C(=O)NC(F)C(F)F)c(OC)c2)c(C)c1. The first-order valence-electron chi connectivity index (χ1n) is 11.1. The Balaban J connectivity index is 1.86. The van der Waals surface area contributed by atoms with Gasteiger partial charge in [-0.2, -0.15) is 0 Å². The fraction of sp³-hybridized carbons (Fsp3) is 0.160. The standard InChI is InChI=1S/C25H22F3N7O3/c1-4-18(36)32-14-6-8-15(12(2)9-14)20-19(21-24(29)30-11-31-35(21)34-20)13-5-7-16(17(10-13)38-3)25(37)33-23(28)22(26)27/h4-11,22-23H,1H2,2-3H3,(H,32,36)(H,33,37)(H2,29,30,31). The fourth-order valence-electron chi connectivity index (χ4n) is 3.88. The van der Waals surface area contributed by atoms with Crippen molar-refractivity contribution in [2.75, 3.05) is 18.2 Å². The molecule has 2 heterocycles. The van der Waals surface area contributed by atoms with Crippen LogP contribution in [0.25, 0.3) is 27.9 Å². The number of nitrogens with one attached hydrogen (secondary N) is 2. The molecule has 4 rings (SSSR count). The van der Waals surface area contributed by atoms with Crippen LogP contribution < -0.4 is 21.1 Å². The van der Waals surface area contributed by atoms with Gasteiger partial charge < -0.3 is 21.1 Å². The minimum absolute atomic E-state index is 0.00129. The number of carbonyl (C=O) groups excluding carboxylic acids is 2. The van der Waals surface area contributed by atoms with Crippen LogP contribution in [0.1, 0.15) is 15.9 Å². The molecule has 0 aliphatic rings. The van der Waals surface area contributed by atoms with E-state index in [9.17, 15) is 22.8 Å². The molecule has 10 nitrogen and oxygen atoms in total. The van der Waals surface area contributed by atoms with E-state index in [1.165, 1.54) is 36.3 Å². The Bertz CT molecular complexity index is 1550. The Hall–Kier alpha value is -4.94. The number of alkyl halides is 3. The number of aromatic nitrogens is 4. The molecule has 0 aliphatic carbocycles. The number of nitrogens with zero attached hydrogens (tertiary/aromatic N) is 4. The van der Waals surface area contributed by atoms with Crippen LogP contribution in [0.3, 0.4) is 0 Å². The van der Waals surface area contributed by atoms with Gasteiger partial charge in [0.15, 0.2) is 5.82 Å². The van der Waals surface area contributed by atoms with Crippen molar-refractivity contribution in [3.05, 3.63) is 66.5 Å². The van der Waals surface area contributed by atoms with Crippen molar-refractivity contribution in [3.63, 3.8) is 0 Å². The molecule has 0 fully saturated rings. The summed E-state index contributed by atoms with van der Waals surface area (Å²) in [6, 6.07) is 9.52. The van der Waals surface area contributed by atoms with E-state index in [4.69, 9.17) is 10.5 Å². The van der Waals surface area contributed by atoms with Crippen molar-refractivity contribution in [2.24, 2.45) is 0 Å². The molecule has 38 heavy (non-hydrogen) atoms. The molecule has 0 aliphatic heterocycles. The Morgan fingerprint density at radius 1 is 1.18 bits per heavy atom. The summed E-state index contributed by atoms with van der Waals surface area (Å²) in [4.78, 5) is 28.2. The molecule has 0 bridgehead atoms. The molecule has 0 saturated heterocycles. The molecule has 0 saturated carbocycles. The molecule has 196 valence electrons.